The summed E-state index contributed by atoms with van der Waals surface area (Å²) in [7, 11) is 1.60. The fraction of sp³-hybridized carbons (Fsp3) is 0.250. The molecule has 0 bridgehead atoms. The quantitative estimate of drug-likeness (QED) is 0.770. The lowest BCUT2D eigenvalue weighted by atomic mass is 10.1. The predicted octanol–water partition coefficient (Wildman–Crippen LogP) is 2.16. The molecule has 4 heteroatoms. The van der Waals surface area contributed by atoms with E-state index in [2.05, 4.69) is 15.2 Å². The van der Waals surface area contributed by atoms with E-state index in [9.17, 15) is 0 Å². The van der Waals surface area contributed by atoms with Crippen LogP contribution in [-0.4, -0.2) is 22.3 Å². The highest BCUT2D eigenvalue weighted by molar-refractivity contribution is 5.62. The number of hydrogen-bond donors (Lipinski definition) is 0. The molecule has 0 fully saturated rings. The summed E-state index contributed by atoms with van der Waals surface area (Å²) in [6.45, 7) is 4.05. The van der Waals surface area contributed by atoms with Gasteiger partial charge in [-0.2, -0.15) is 10.2 Å². The molecule has 0 N–H and O–H groups in total. The third kappa shape index (κ3) is 1.86. The van der Waals surface area contributed by atoms with Crippen molar-refractivity contribution < 1.29 is 4.74 Å². The van der Waals surface area contributed by atoms with E-state index in [-0.39, 0.29) is 0 Å². The second kappa shape index (κ2) is 4.26. The summed E-state index contributed by atoms with van der Waals surface area (Å²) in [5, 5.41) is 8.09. The molecule has 2 aromatic rings. The Hall–Kier alpha value is -1.97. The monoisotopic (exact) mass is 215 g/mol. The van der Waals surface area contributed by atoms with Gasteiger partial charge in [0.1, 0.15) is 0 Å². The number of hydrogen-bond acceptors (Lipinski definition) is 4. The van der Waals surface area contributed by atoms with Crippen LogP contribution in [-0.2, 0) is 0 Å². The van der Waals surface area contributed by atoms with Crippen molar-refractivity contribution in [2.45, 2.75) is 13.8 Å². The van der Waals surface area contributed by atoms with Gasteiger partial charge in [-0.25, -0.2) is 4.98 Å². The van der Waals surface area contributed by atoms with E-state index < -0.39 is 0 Å². The van der Waals surface area contributed by atoms with Gasteiger partial charge in [0.25, 0.3) is 0 Å². The number of ether oxygens (including phenoxy) is 1. The minimum atomic E-state index is 0.599. The first-order chi connectivity index (χ1) is 7.72. The maximum Gasteiger partial charge on any atom is 0.212 e. The Balaban J connectivity index is 2.46. The summed E-state index contributed by atoms with van der Waals surface area (Å²) >= 11 is 0. The van der Waals surface area contributed by atoms with Crippen molar-refractivity contribution in [1.29, 1.82) is 0 Å². The number of pyridine rings is 1. The number of aryl methyl sites for hydroxylation is 1. The van der Waals surface area contributed by atoms with Crippen LogP contribution in [0.2, 0.25) is 0 Å². The molecule has 82 valence electrons. The third-order valence-electron chi connectivity index (χ3n) is 2.57. The molecule has 0 aliphatic carbocycles. The van der Waals surface area contributed by atoms with Gasteiger partial charge in [-0.15, -0.1) is 0 Å². The van der Waals surface area contributed by atoms with E-state index in [1.807, 2.05) is 26.0 Å². The standard InChI is InChI=1S/C12H13N3O/c1-8-6-14-15-12(9(8)2)10-4-5-11(16-3)13-7-10/h4-7H,1-3H3. The summed E-state index contributed by atoms with van der Waals surface area (Å²) < 4.78 is 5.01. The van der Waals surface area contributed by atoms with Crippen LogP contribution in [0.5, 0.6) is 5.88 Å². The van der Waals surface area contributed by atoms with Gasteiger partial charge < -0.3 is 4.74 Å². The fourth-order valence-electron chi connectivity index (χ4n) is 1.45. The molecule has 2 aromatic heterocycles. The Kier molecular flexibility index (Phi) is 2.81. The summed E-state index contributed by atoms with van der Waals surface area (Å²) in [6, 6.07) is 3.75. The van der Waals surface area contributed by atoms with Crippen LogP contribution in [0.3, 0.4) is 0 Å². The summed E-state index contributed by atoms with van der Waals surface area (Å²) in [4.78, 5) is 4.15. The normalized spacial score (nSPS) is 10.2. The molecule has 2 rings (SSSR count). The van der Waals surface area contributed by atoms with Gasteiger partial charge in [-0.3, -0.25) is 0 Å². The van der Waals surface area contributed by atoms with E-state index in [0.29, 0.717) is 5.88 Å². The second-order valence-electron chi connectivity index (χ2n) is 3.59. The maximum absolute atomic E-state index is 5.01. The van der Waals surface area contributed by atoms with Crippen molar-refractivity contribution in [1.82, 2.24) is 15.2 Å². The van der Waals surface area contributed by atoms with Gasteiger partial charge in [0.15, 0.2) is 0 Å². The van der Waals surface area contributed by atoms with E-state index in [4.69, 9.17) is 4.74 Å². The van der Waals surface area contributed by atoms with Gasteiger partial charge in [0.2, 0.25) is 5.88 Å². The fourth-order valence-corrected chi connectivity index (χ4v) is 1.45. The van der Waals surface area contributed by atoms with Crippen LogP contribution in [0.25, 0.3) is 11.3 Å². The Morgan fingerprint density at radius 1 is 1.12 bits per heavy atom. The molecule has 0 unspecified atom stereocenters. The summed E-state index contributed by atoms with van der Waals surface area (Å²) in [5.41, 5.74) is 4.08. The van der Waals surface area contributed by atoms with Crippen molar-refractivity contribution in [2.75, 3.05) is 7.11 Å². The van der Waals surface area contributed by atoms with Gasteiger partial charge in [-0.05, 0) is 31.0 Å². The van der Waals surface area contributed by atoms with Gasteiger partial charge in [0.05, 0.1) is 19.0 Å². The zero-order valence-electron chi connectivity index (χ0n) is 9.56. The molecule has 2 heterocycles. The van der Waals surface area contributed by atoms with E-state index >= 15 is 0 Å². The Labute approximate surface area is 94.3 Å². The van der Waals surface area contributed by atoms with Gasteiger partial charge in [-0.1, -0.05) is 0 Å². The minimum absolute atomic E-state index is 0.599. The lowest BCUT2D eigenvalue weighted by Crippen LogP contribution is -1.95. The molecule has 0 aliphatic rings. The van der Waals surface area contributed by atoms with Gasteiger partial charge >= 0.3 is 0 Å². The lowest BCUT2D eigenvalue weighted by Gasteiger charge is -2.06. The average Bonchev–Trinajstić information content (AvgIpc) is 2.33. The van der Waals surface area contributed by atoms with Crippen LogP contribution in [0, 0.1) is 13.8 Å². The summed E-state index contributed by atoms with van der Waals surface area (Å²) in [6.07, 6.45) is 3.51. The van der Waals surface area contributed by atoms with Crippen molar-refractivity contribution >= 4 is 0 Å². The molecule has 0 aromatic carbocycles. The molecule has 0 spiro atoms. The first kappa shape index (κ1) is 10.5. The molecule has 4 nitrogen and oxygen atoms in total. The van der Waals surface area contributed by atoms with Crippen molar-refractivity contribution in [3.8, 4) is 17.1 Å². The van der Waals surface area contributed by atoms with Crippen molar-refractivity contribution in [2.24, 2.45) is 0 Å². The highest BCUT2D eigenvalue weighted by Gasteiger charge is 2.06. The number of aromatic nitrogens is 3. The molecule has 0 saturated carbocycles. The maximum atomic E-state index is 5.01. The SMILES string of the molecule is COc1ccc(-c2nncc(C)c2C)cn1. The molecule has 0 amide bonds. The van der Waals surface area contributed by atoms with E-state index in [1.54, 1.807) is 19.5 Å². The van der Waals surface area contributed by atoms with E-state index in [1.165, 1.54) is 0 Å². The largest absolute Gasteiger partial charge is 0.481 e. The molecular weight excluding hydrogens is 202 g/mol. The number of methoxy groups -OCH3 is 1. The first-order valence-corrected chi connectivity index (χ1v) is 5.01. The van der Waals surface area contributed by atoms with Crippen LogP contribution in [0.4, 0.5) is 0 Å². The molecule has 0 saturated heterocycles. The van der Waals surface area contributed by atoms with Crippen LogP contribution >= 0.6 is 0 Å². The van der Waals surface area contributed by atoms with Gasteiger partial charge in [0, 0.05) is 17.8 Å². The Morgan fingerprint density at radius 3 is 2.56 bits per heavy atom. The van der Waals surface area contributed by atoms with E-state index in [0.717, 1.165) is 22.4 Å². The molecule has 0 aliphatic heterocycles. The first-order valence-electron chi connectivity index (χ1n) is 5.01. The van der Waals surface area contributed by atoms with Crippen LogP contribution < -0.4 is 4.74 Å². The molecular formula is C12H13N3O. The smallest absolute Gasteiger partial charge is 0.212 e. The Bertz CT molecular complexity index is 494. The molecule has 16 heavy (non-hydrogen) atoms. The third-order valence-corrected chi connectivity index (χ3v) is 2.57. The predicted molar refractivity (Wildman–Crippen MR) is 61.3 cm³/mol. The van der Waals surface area contributed by atoms with Crippen LogP contribution in [0.15, 0.2) is 24.5 Å². The average molecular weight is 215 g/mol. The minimum Gasteiger partial charge on any atom is -0.481 e. The highest BCUT2D eigenvalue weighted by Crippen LogP contribution is 2.22. The Morgan fingerprint density at radius 2 is 1.94 bits per heavy atom. The van der Waals surface area contributed by atoms with Crippen molar-refractivity contribution in [3.05, 3.63) is 35.7 Å². The lowest BCUT2D eigenvalue weighted by molar-refractivity contribution is 0.398. The highest BCUT2D eigenvalue weighted by atomic mass is 16.5. The zero-order chi connectivity index (χ0) is 11.5. The molecule has 0 atom stereocenters. The second-order valence-corrected chi connectivity index (χ2v) is 3.59. The topological polar surface area (TPSA) is 47.9 Å². The summed E-state index contributed by atoms with van der Waals surface area (Å²) in [5.74, 6) is 0.599. The number of rotatable bonds is 2. The zero-order valence-corrected chi connectivity index (χ0v) is 9.56. The molecule has 0 radical (unpaired) electrons. The van der Waals surface area contributed by atoms with Crippen LogP contribution in [0.1, 0.15) is 11.1 Å². The van der Waals surface area contributed by atoms with Crippen molar-refractivity contribution in [3.63, 3.8) is 0 Å². The number of nitrogens with zero attached hydrogens (tertiary/aromatic N) is 3.